The Balaban J connectivity index is 1.74. The molecule has 7 nitrogen and oxygen atoms in total. The maximum absolute atomic E-state index is 13.2. The van der Waals surface area contributed by atoms with Gasteiger partial charge in [-0.15, -0.1) is 0 Å². The molecule has 1 saturated heterocycles. The second kappa shape index (κ2) is 8.73. The van der Waals surface area contributed by atoms with Gasteiger partial charge in [-0.05, 0) is 48.2 Å². The van der Waals surface area contributed by atoms with Gasteiger partial charge < -0.3 is 20.1 Å². The summed E-state index contributed by atoms with van der Waals surface area (Å²) in [6.07, 6.45) is 2.61. The normalized spacial score (nSPS) is 18.9. The number of para-hydroxylation sites is 1. The fourth-order valence-corrected chi connectivity index (χ4v) is 4.30. The van der Waals surface area contributed by atoms with E-state index in [2.05, 4.69) is 11.9 Å². The first-order valence-corrected chi connectivity index (χ1v) is 10.3. The second-order valence-electron chi connectivity index (χ2n) is 7.73. The highest BCUT2D eigenvalue weighted by Gasteiger charge is 2.39. The molecular weight excluding hydrogens is 396 g/mol. The number of aliphatic carboxylic acids is 1. The number of carbonyl (C=O) groups is 3. The van der Waals surface area contributed by atoms with Crippen LogP contribution >= 0.6 is 0 Å². The minimum atomic E-state index is -0.962. The number of hydrogen-bond acceptors (Lipinski definition) is 4. The summed E-state index contributed by atoms with van der Waals surface area (Å²) in [5.74, 6) is -2.25. The van der Waals surface area contributed by atoms with Crippen molar-refractivity contribution in [2.45, 2.75) is 24.8 Å². The first kappa shape index (κ1) is 20.8. The van der Waals surface area contributed by atoms with Crippen LogP contribution in [0.1, 0.15) is 34.7 Å². The lowest BCUT2D eigenvalue weighted by Crippen LogP contribution is -2.49. The van der Waals surface area contributed by atoms with Crippen LogP contribution in [0.15, 0.2) is 55.1 Å². The number of hydrogen-bond donors (Lipinski definition) is 2. The van der Waals surface area contributed by atoms with Crippen molar-refractivity contribution in [2.24, 2.45) is 0 Å². The van der Waals surface area contributed by atoms with Crippen LogP contribution in [0, 0.1) is 0 Å². The molecule has 7 heteroatoms. The topological polar surface area (TPSA) is 95.9 Å². The van der Waals surface area contributed by atoms with Gasteiger partial charge in [-0.1, -0.05) is 30.8 Å². The van der Waals surface area contributed by atoms with E-state index in [1.807, 2.05) is 12.1 Å². The maximum atomic E-state index is 13.2. The smallest absolute Gasteiger partial charge is 0.312 e. The van der Waals surface area contributed by atoms with Crippen molar-refractivity contribution < 1.29 is 24.2 Å². The predicted octanol–water partition coefficient (Wildman–Crippen LogP) is 3.28. The summed E-state index contributed by atoms with van der Waals surface area (Å²) < 4.78 is 5.39. The fraction of sp³-hybridized carbons (Fsp3) is 0.292. The third kappa shape index (κ3) is 4.09. The molecule has 31 heavy (non-hydrogen) atoms. The van der Waals surface area contributed by atoms with E-state index in [0.29, 0.717) is 42.9 Å². The lowest BCUT2D eigenvalue weighted by Gasteiger charge is -2.39. The number of carbonyl (C=O) groups excluding carboxylic acids is 2. The van der Waals surface area contributed by atoms with E-state index >= 15 is 0 Å². The number of nitrogens with zero attached hydrogens (tertiary/aromatic N) is 1. The largest absolute Gasteiger partial charge is 0.481 e. The Bertz CT molecular complexity index is 1040. The van der Waals surface area contributed by atoms with Gasteiger partial charge in [0.1, 0.15) is 5.92 Å². The quantitative estimate of drug-likeness (QED) is 0.724. The number of ether oxygens (including phenoxy) is 1. The van der Waals surface area contributed by atoms with Crippen LogP contribution in [0.25, 0.3) is 11.1 Å². The van der Waals surface area contributed by atoms with Crippen molar-refractivity contribution in [3.8, 4) is 11.1 Å². The molecule has 160 valence electrons. The summed E-state index contributed by atoms with van der Waals surface area (Å²) >= 11 is 0. The SMILES string of the molecule is C=CC(=O)Nc1ccccc1-c1ccc2c(c1)C(C(=O)O)CN(C1CCOCC1)C2=O. The third-order valence-electron chi connectivity index (χ3n) is 5.91. The molecule has 0 bridgehead atoms. The van der Waals surface area contributed by atoms with Gasteiger partial charge >= 0.3 is 5.97 Å². The molecule has 0 radical (unpaired) electrons. The lowest BCUT2D eigenvalue weighted by atomic mass is 9.85. The van der Waals surface area contributed by atoms with E-state index in [-0.39, 0.29) is 24.4 Å². The standard InChI is InChI=1S/C24H24N2O5/c1-2-22(27)25-21-6-4-3-5-17(21)15-7-8-18-19(13-15)20(24(29)30)14-26(23(18)28)16-9-11-31-12-10-16/h2-8,13,16,20H,1,9-12,14H2,(H,25,27)(H,29,30). The molecule has 1 unspecified atom stereocenters. The Labute approximate surface area is 180 Å². The Morgan fingerprint density at radius 1 is 1.13 bits per heavy atom. The summed E-state index contributed by atoms with van der Waals surface area (Å²) in [5.41, 5.74) is 2.98. The number of carboxylic acid groups (broad SMARTS) is 1. The van der Waals surface area contributed by atoms with Gasteiger partial charge in [0.2, 0.25) is 5.91 Å². The van der Waals surface area contributed by atoms with Gasteiger partial charge in [0.15, 0.2) is 0 Å². The minimum absolute atomic E-state index is 0.00855. The molecule has 2 aliphatic rings. The molecule has 4 rings (SSSR count). The number of fused-ring (bicyclic) bond motifs is 1. The molecule has 1 fully saturated rings. The second-order valence-corrected chi connectivity index (χ2v) is 7.73. The van der Waals surface area contributed by atoms with Crippen molar-refractivity contribution in [1.29, 1.82) is 0 Å². The van der Waals surface area contributed by atoms with Gasteiger partial charge in [-0.25, -0.2) is 0 Å². The summed E-state index contributed by atoms with van der Waals surface area (Å²) in [7, 11) is 0. The predicted molar refractivity (Wildman–Crippen MR) is 116 cm³/mol. The number of rotatable bonds is 5. The molecule has 0 spiro atoms. The average molecular weight is 420 g/mol. The van der Waals surface area contributed by atoms with Crippen molar-refractivity contribution in [2.75, 3.05) is 25.1 Å². The summed E-state index contributed by atoms with van der Waals surface area (Å²) in [6.45, 7) is 4.76. The minimum Gasteiger partial charge on any atom is -0.481 e. The summed E-state index contributed by atoms with van der Waals surface area (Å²) in [4.78, 5) is 38.8. The number of amides is 2. The third-order valence-corrected chi connectivity index (χ3v) is 5.91. The van der Waals surface area contributed by atoms with E-state index in [1.165, 1.54) is 6.08 Å². The molecule has 0 aromatic heterocycles. The van der Waals surface area contributed by atoms with Crippen molar-refractivity contribution >= 4 is 23.5 Å². The highest BCUT2D eigenvalue weighted by molar-refractivity contribution is 6.03. The van der Waals surface area contributed by atoms with E-state index in [9.17, 15) is 19.5 Å². The first-order valence-electron chi connectivity index (χ1n) is 10.3. The van der Waals surface area contributed by atoms with Gasteiger partial charge in [-0.3, -0.25) is 14.4 Å². The molecule has 0 aliphatic carbocycles. The van der Waals surface area contributed by atoms with E-state index in [0.717, 1.165) is 11.1 Å². The molecule has 2 aromatic rings. The van der Waals surface area contributed by atoms with Crippen LogP contribution < -0.4 is 5.32 Å². The zero-order chi connectivity index (χ0) is 22.0. The summed E-state index contributed by atoms with van der Waals surface area (Å²) in [5, 5.41) is 12.7. The van der Waals surface area contributed by atoms with Crippen molar-refractivity contribution in [3.05, 3.63) is 66.2 Å². The fourth-order valence-electron chi connectivity index (χ4n) is 4.30. The van der Waals surface area contributed by atoms with Crippen LogP contribution in [0.5, 0.6) is 0 Å². The van der Waals surface area contributed by atoms with Crippen LogP contribution in [0.4, 0.5) is 5.69 Å². The molecule has 2 aliphatic heterocycles. The van der Waals surface area contributed by atoms with Gasteiger partial charge in [0.25, 0.3) is 5.91 Å². The number of anilines is 1. The number of carboxylic acids is 1. The Kier molecular flexibility index (Phi) is 5.86. The van der Waals surface area contributed by atoms with Gasteiger partial charge in [-0.2, -0.15) is 0 Å². The van der Waals surface area contributed by atoms with Gasteiger partial charge in [0, 0.05) is 42.6 Å². The maximum Gasteiger partial charge on any atom is 0.312 e. The van der Waals surface area contributed by atoms with E-state index in [4.69, 9.17) is 4.74 Å². The zero-order valence-electron chi connectivity index (χ0n) is 17.0. The number of nitrogens with one attached hydrogen (secondary N) is 1. The molecule has 1 atom stereocenters. The average Bonchev–Trinajstić information content (AvgIpc) is 2.79. The highest BCUT2D eigenvalue weighted by atomic mass is 16.5. The van der Waals surface area contributed by atoms with Crippen LogP contribution in [0.3, 0.4) is 0 Å². The lowest BCUT2D eigenvalue weighted by molar-refractivity contribution is -0.139. The van der Waals surface area contributed by atoms with E-state index < -0.39 is 11.9 Å². The van der Waals surface area contributed by atoms with Crippen molar-refractivity contribution in [1.82, 2.24) is 4.90 Å². The first-order chi connectivity index (χ1) is 15.0. The van der Waals surface area contributed by atoms with Crippen molar-refractivity contribution in [3.63, 3.8) is 0 Å². The Hall–Kier alpha value is -3.45. The molecule has 2 N–H and O–H groups in total. The van der Waals surface area contributed by atoms with Crippen LogP contribution in [-0.2, 0) is 14.3 Å². The molecular formula is C24H24N2O5. The van der Waals surface area contributed by atoms with Crippen LogP contribution in [0.2, 0.25) is 0 Å². The molecule has 2 aromatic carbocycles. The molecule has 2 amide bonds. The summed E-state index contributed by atoms with van der Waals surface area (Å²) in [6, 6.07) is 12.5. The Morgan fingerprint density at radius 3 is 2.58 bits per heavy atom. The van der Waals surface area contributed by atoms with Crippen LogP contribution in [-0.4, -0.2) is 53.6 Å². The highest BCUT2D eigenvalue weighted by Crippen LogP contribution is 2.36. The van der Waals surface area contributed by atoms with Gasteiger partial charge in [0.05, 0.1) is 0 Å². The zero-order valence-corrected chi connectivity index (χ0v) is 17.0. The monoisotopic (exact) mass is 420 g/mol. The number of benzene rings is 2. The van der Waals surface area contributed by atoms with E-state index in [1.54, 1.807) is 35.2 Å². The molecule has 2 heterocycles. The molecule has 0 saturated carbocycles. The Morgan fingerprint density at radius 2 is 1.87 bits per heavy atom.